The molecule has 1 heterocycles. The number of carbonyl (C=O) groups excluding carboxylic acids is 3. The molecule has 0 aliphatic carbocycles. The van der Waals surface area contributed by atoms with Crippen molar-refractivity contribution in [2.45, 2.75) is 84.7 Å². The number of nitrogens with zero attached hydrogens (tertiary/aromatic N) is 1. The predicted molar refractivity (Wildman–Crippen MR) is 110 cm³/mol. The Hall–Kier alpha value is -1.79. The zero-order valence-electron chi connectivity index (χ0n) is 18.1. The molecule has 1 saturated heterocycles. The fourth-order valence-corrected chi connectivity index (χ4v) is 3.23. The summed E-state index contributed by atoms with van der Waals surface area (Å²) in [5.41, 5.74) is -0.528. The number of alkyl carbamates (subject to hydrolysis) is 1. The summed E-state index contributed by atoms with van der Waals surface area (Å²) in [6.07, 6.45) is 6.69. The van der Waals surface area contributed by atoms with Gasteiger partial charge in [0, 0.05) is 32.6 Å². The Morgan fingerprint density at radius 1 is 1.04 bits per heavy atom. The number of likely N-dealkylation sites (tertiary alicyclic amines) is 1. The van der Waals surface area contributed by atoms with Crippen LogP contribution in [0, 0.1) is 5.92 Å². The summed E-state index contributed by atoms with van der Waals surface area (Å²) in [5.74, 6) is 0.00999. The Balaban J connectivity index is 2.24. The third-order valence-electron chi connectivity index (χ3n) is 4.71. The highest BCUT2D eigenvalue weighted by atomic mass is 16.6. The van der Waals surface area contributed by atoms with Crippen molar-refractivity contribution in [2.24, 2.45) is 5.92 Å². The highest BCUT2D eigenvalue weighted by Crippen LogP contribution is 2.18. The summed E-state index contributed by atoms with van der Waals surface area (Å²) in [6.45, 7) is 9.92. The molecule has 1 atom stereocenters. The van der Waals surface area contributed by atoms with Crippen LogP contribution in [0.2, 0.25) is 0 Å². The highest BCUT2D eigenvalue weighted by molar-refractivity contribution is 5.81. The smallest absolute Gasteiger partial charge is 0.407 e. The molecule has 3 amide bonds. The summed E-state index contributed by atoms with van der Waals surface area (Å²) >= 11 is 0. The zero-order valence-corrected chi connectivity index (χ0v) is 18.1. The van der Waals surface area contributed by atoms with E-state index < -0.39 is 11.7 Å². The van der Waals surface area contributed by atoms with Crippen molar-refractivity contribution in [2.75, 3.05) is 26.2 Å². The number of rotatable bonds is 10. The van der Waals surface area contributed by atoms with Crippen molar-refractivity contribution < 1.29 is 19.1 Å². The van der Waals surface area contributed by atoms with E-state index >= 15 is 0 Å². The lowest BCUT2D eigenvalue weighted by atomic mass is 9.96. The molecule has 0 saturated carbocycles. The average molecular weight is 398 g/mol. The lowest BCUT2D eigenvalue weighted by Gasteiger charge is -2.32. The third-order valence-corrected chi connectivity index (χ3v) is 4.71. The normalized spacial score (nSPS) is 17.1. The zero-order chi connectivity index (χ0) is 21.0. The Morgan fingerprint density at radius 3 is 2.43 bits per heavy atom. The molecule has 1 aliphatic rings. The molecule has 0 aromatic carbocycles. The number of hydrogen-bond acceptors (Lipinski definition) is 4. The molecule has 1 unspecified atom stereocenters. The number of amides is 3. The van der Waals surface area contributed by atoms with E-state index in [0.29, 0.717) is 32.5 Å². The summed E-state index contributed by atoms with van der Waals surface area (Å²) in [6, 6.07) is 0. The SMILES string of the molecule is CCCCCCNC(=O)C1CCCN(C(=O)CCCNC(=O)OC(C)(C)C)C1. The van der Waals surface area contributed by atoms with E-state index in [9.17, 15) is 14.4 Å². The topological polar surface area (TPSA) is 87.7 Å². The first kappa shape index (κ1) is 24.2. The van der Waals surface area contributed by atoms with Crippen LogP contribution in [-0.2, 0) is 14.3 Å². The Bertz CT molecular complexity index is 502. The predicted octanol–water partition coefficient (Wildman–Crippen LogP) is 3.23. The van der Waals surface area contributed by atoms with Crippen molar-refractivity contribution in [3.63, 3.8) is 0 Å². The molecular formula is C21H39N3O4. The van der Waals surface area contributed by atoms with Gasteiger partial charge in [-0.2, -0.15) is 0 Å². The van der Waals surface area contributed by atoms with Gasteiger partial charge < -0.3 is 20.3 Å². The second-order valence-electron chi connectivity index (χ2n) is 8.56. The molecule has 7 nitrogen and oxygen atoms in total. The van der Waals surface area contributed by atoms with Crippen molar-refractivity contribution in [3.05, 3.63) is 0 Å². The summed E-state index contributed by atoms with van der Waals surface area (Å²) < 4.78 is 5.17. The van der Waals surface area contributed by atoms with Crippen LogP contribution in [0.5, 0.6) is 0 Å². The molecule has 2 N–H and O–H groups in total. The lowest BCUT2D eigenvalue weighted by Crippen LogP contribution is -2.45. The second-order valence-corrected chi connectivity index (χ2v) is 8.56. The summed E-state index contributed by atoms with van der Waals surface area (Å²) in [7, 11) is 0. The van der Waals surface area contributed by atoms with E-state index in [1.165, 1.54) is 12.8 Å². The Kier molecular flexibility index (Phi) is 10.9. The first-order chi connectivity index (χ1) is 13.2. The van der Waals surface area contributed by atoms with E-state index in [1.54, 1.807) is 4.90 Å². The van der Waals surface area contributed by atoms with Crippen LogP contribution in [0.1, 0.15) is 79.1 Å². The highest BCUT2D eigenvalue weighted by Gasteiger charge is 2.27. The second kappa shape index (κ2) is 12.6. The van der Waals surface area contributed by atoms with Crippen LogP contribution in [0.15, 0.2) is 0 Å². The number of hydrogen-bond donors (Lipinski definition) is 2. The van der Waals surface area contributed by atoms with E-state index in [0.717, 1.165) is 32.2 Å². The third kappa shape index (κ3) is 10.5. The maximum atomic E-state index is 12.4. The van der Waals surface area contributed by atoms with Crippen LogP contribution in [0.3, 0.4) is 0 Å². The fraction of sp³-hybridized carbons (Fsp3) is 0.857. The van der Waals surface area contributed by atoms with Gasteiger partial charge in [0.15, 0.2) is 0 Å². The van der Waals surface area contributed by atoms with E-state index in [4.69, 9.17) is 4.74 Å². The number of unbranched alkanes of at least 4 members (excludes halogenated alkanes) is 3. The van der Waals surface area contributed by atoms with Crippen molar-refractivity contribution in [1.82, 2.24) is 15.5 Å². The molecule has 0 bridgehead atoms. The minimum absolute atomic E-state index is 0.0476. The lowest BCUT2D eigenvalue weighted by molar-refractivity contribution is -0.135. The first-order valence-electron chi connectivity index (χ1n) is 10.7. The standard InChI is InChI=1S/C21H39N3O4/c1-5-6-7-8-13-22-19(26)17-11-10-15-24(16-17)18(25)12-9-14-23-20(27)28-21(2,3)4/h17H,5-16H2,1-4H3,(H,22,26)(H,23,27). The molecule has 0 radical (unpaired) electrons. The quantitative estimate of drug-likeness (QED) is 0.554. The molecule has 0 aromatic heterocycles. The average Bonchev–Trinajstić information content (AvgIpc) is 2.63. The number of piperidine rings is 1. The monoisotopic (exact) mass is 397 g/mol. The minimum Gasteiger partial charge on any atom is -0.444 e. The minimum atomic E-state index is -0.528. The van der Waals surface area contributed by atoms with Gasteiger partial charge >= 0.3 is 6.09 Å². The van der Waals surface area contributed by atoms with Gasteiger partial charge in [-0.1, -0.05) is 26.2 Å². The molecule has 1 rings (SSSR count). The fourth-order valence-electron chi connectivity index (χ4n) is 3.23. The molecule has 1 aliphatic heterocycles. The van der Waals surface area contributed by atoms with Crippen LogP contribution in [0.4, 0.5) is 4.79 Å². The number of ether oxygens (including phenoxy) is 1. The van der Waals surface area contributed by atoms with Crippen molar-refractivity contribution in [1.29, 1.82) is 0 Å². The van der Waals surface area contributed by atoms with Crippen LogP contribution in [-0.4, -0.2) is 54.6 Å². The molecule has 1 fully saturated rings. The molecule has 28 heavy (non-hydrogen) atoms. The maximum absolute atomic E-state index is 12.4. The van der Waals surface area contributed by atoms with Crippen molar-refractivity contribution in [3.8, 4) is 0 Å². The molecule has 0 spiro atoms. The van der Waals surface area contributed by atoms with Crippen LogP contribution >= 0.6 is 0 Å². The summed E-state index contributed by atoms with van der Waals surface area (Å²) in [4.78, 5) is 38.1. The Labute approximate surface area is 169 Å². The van der Waals surface area contributed by atoms with Gasteiger partial charge in [0.2, 0.25) is 11.8 Å². The maximum Gasteiger partial charge on any atom is 0.407 e. The molecule has 7 heteroatoms. The van der Waals surface area contributed by atoms with Gasteiger partial charge in [0.1, 0.15) is 5.60 Å². The first-order valence-corrected chi connectivity index (χ1v) is 10.7. The van der Waals surface area contributed by atoms with Gasteiger partial charge in [0.25, 0.3) is 0 Å². The van der Waals surface area contributed by atoms with Gasteiger partial charge in [-0.15, -0.1) is 0 Å². The molecule has 162 valence electrons. The van der Waals surface area contributed by atoms with Crippen molar-refractivity contribution >= 4 is 17.9 Å². The van der Waals surface area contributed by atoms with E-state index in [2.05, 4.69) is 17.6 Å². The number of nitrogens with one attached hydrogen (secondary N) is 2. The van der Waals surface area contributed by atoms with E-state index in [-0.39, 0.29) is 17.7 Å². The van der Waals surface area contributed by atoms with Crippen LogP contribution in [0.25, 0.3) is 0 Å². The van der Waals surface area contributed by atoms with Gasteiger partial charge in [-0.05, 0) is 46.5 Å². The summed E-state index contributed by atoms with van der Waals surface area (Å²) in [5, 5.41) is 5.68. The van der Waals surface area contributed by atoms with Gasteiger partial charge in [-0.3, -0.25) is 9.59 Å². The van der Waals surface area contributed by atoms with Gasteiger partial charge in [-0.25, -0.2) is 4.79 Å². The molecule has 0 aromatic rings. The van der Waals surface area contributed by atoms with Gasteiger partial charge in [0.05, 0.1) is 5.92 Å². The van der Waals surface area contributed by atoms with E-state index in [1.807, 2.05) is 20.8 Å². The number of carbonyl (C=O) groups is 3. The Morgan fingerprint density at radius 2 is 1.75 bits per heavy atom. The largest absolute Gasteiger partial charge is 0.444 e. The van der Waals surface area contributed by atoms with Crippen LogP contribution < -0.4 is 10.6 Å². The molecular weight excluding hydrogens is 358 g/mol.